The molecule has 1 aromatic heterocycles. The predicted octanol–water partition coefficient (Wildman–Crippen LogP) is 1.19. The Hall–Kier alpha value is -2.51. The average Bonchev–Trinajstić information content (AvgIpc) is 2.89. The quantitative estimate of drug-likeness (QED) is 0.832. The zero-order valence-electron chi connectivity index (χ0n) is 15.9. The maximum Gasteiger partial charge on any atom is 0.274 e. The molecule has 2 aliphatic heterocycles. The number of aliphatic hydroxyl groups is 1. The summed E-state index contributed by atoms with van der Waals surface area (Å²) in [6, 6.07) is 11.2. The van der Waals surface area contributed by atoms with Gasteiger partial charge in [0.05, 0.1) is 5.60 Å². The number of nitrogens with one attached hydrogen (secondary N) is 1. The largest absolute Gasteiger partial charge is 0.388 e. The Bertz CT molecular complexity index is 892. The lowest BCUT2D eigenvalue weighted by Crippen LogP contribution is -2.45. The van der Waals surface area contributed by atoms with Crippen molar-refractivity contribution < 1.29 is 9.90 Å². The number of fused-ring (bicyclic) bond motifs is 1. The highest BCUT2D eigenvalue weighted by Gasteiger charge is 2.34. The average molecular weight is 382 g/mol. The molecule has 0 aliphatic carbocycles. The maximum absolute atomic E-state index is 12.7. The first-order valence-electron chi connectivity index (χ1n) is 9.89. The molecule has 3 heterocycles. The van der Waals surface area contributed by atoms with E-state index in [0.717, 1.165) is 25.9 Å². The lowest BCUT2D eigenvalue weighted by molar-refractivity contribution is -0.0118. The summed E-state index contributed by atoms with van der Waals surface area (Å²) in [5, 5.41) is 17.4. The third kappa shape index (κ3) is 4.15. The van der Waals surface area contributed by atoms with Crippen molar-refractivity contribution in [2.24, 2.45) is 0 Å². The van der Waals surface area contributed by atoms with E-state index in [1.807, 2.05) is 0 Å². The topological polar surface area (TPSA) is 89.5 Å². The highest BCUT2D eigenvalue weighted by atomic mass is 16.3. The molecule has 1 amide bonds. The summed E-state index contributed by atoms with van der Waals surface area (Å²) in [6.45, 7) is 3.51. The van der Waals surface area contributed by atoms with Crippen LogP contribution in [0.3, 0.4) is 0 Å². The molecular weight excluding hydrogens is 356 g/mol. The molecule has 28 heavy (non-hydrogen) atoms. The van der Waals surface area contributed by atoms with Crippen molar-refractivity contribution in [1.29, 1.82) is 0 Å². The van der Waals surface area contributed by atoms with Crippen LogP contribution >= 0.6 is 0 Å². The van der Waals surface area contributed by atoms with Gasteiger partial charge in [-0.3, -0.25) is 14.5 Å². The Morgan fingerprint density at radius 3 is 2.71 bits per heavy atom. The molecule has 7 nitrogen and oxygen atoms in total. The van der Waals surface area contributed by atoms with Gasteiger partial charge in [0.2, 0.25) is 0 Å². The molecule has 0 unspecified atom stereocenters. The predicted molar refractivity (Wildman–Crippen MR) is 105 cm³/mol. The van der Waals surface area contributed by atoms with Crippen LogP contribution in [0.1, 0.15) is 40.9 Å². The van der Waals surface area contributed by atoms with Gasteiger partial charge in [0.15, 0.2) is 0 Å². The van der Waals surface area contributed by atoms with Crippen LogP contribution in [-0.2, 0) is 13.0 Å². The van der Waals surface area contributed by atoms with Crippen molar-refractivity contribution in [3.63, 3.8) is 0 Å². The van der Waals surface area contributed by atoms with Gasteiger partial charge >= 0.3 is 0 Å². The zero-order chi connectivity index (χ0) is 19.6. The molecule has 7 heteroatoms. The first-order chi connectivity index (χ1) is 13.5. The van der Waals surface area contributed by atoms with Gasteiger partial charge in [0, 0.05) is 38.8 Å². The highest BCUT2D eigenvalue weighted by Crippen LogP contribution is 2.27. The number of carbonyl (C=O) groups excluding carboxylic acids is 1. The molecule has 148 valence electrons. The first kappa shape index (κ1) is 18.8. The Morgan fingerprint density at radius 2 is 1.93 bits per heavy atom. The number of nitrogens with zero attached hydrogens (tertiary/aromatic N) is 3. The first-order valence-corrected chi connectivity index (χ1v) is 9.89. The monoisotopic (exact) mass is 382 g/mol. The van der Waals surface area contributed by atoms with Crippen LogP contribution in [0.25, 0.3) is 0 Å². The van der Waals surface area contributed by atoms with Crippen molar-refractivity contribution in [1.82, 2.24) is 20.0 Å². The van der Waals surface area contributed by atoms with Crippen LogP contribution in [-0.4, -0.2) is 62.8 Å². The zero-order valence-corrected chi connectivity index (χ0v) is 15.9. The van der Waals surface area contributed by atoms with Crippen LogP contribution < -0.4 is 5.56 Å². The van der Waals surface area contributed by atoms with Gasteiger partial charge in [-0.05, 0) is 42.9 Å². The molecular formula is C21H26N4O3. The molecule has 2 aliphatic rings. The smallest absolute Gasteiger partial charge is 0.274 e. The fraction of sp³-hybridized carbons (Fsp3) is 0.476. The maximum atomic E-state index is 12.7. The minimum absolute atomic E-state index is 0.201. The van der Waals surface area contributed by atoms with E-state index < -0.39 is 5.60 Å². The lowest BCUT2D eigenvalue weighted by atomic mass is 9.92. The molecule has 1 atom stereocenters. The Kier molecular flexibility index (Phi) is 5.28. The molecule has 2 N–H and O–H groups in total. The summed E-state index contributed by atoms with van der Waals surface area (Å²) in [4.78, 5) is 27.8. The second-order valence-corrected chi connectivity index (χ2v) is 7.91. The van der Waals surface area contributed by atoms with Crippen molar-refractivity contribution in [2.45, 2.75) is 37.8 Å². The number of hydrogen-bond acceptors (Lipinski definition) is 5. The molecule has 1 aromatic carbocycles. The van der Waals surface area contributed by atoms with Crippen LogP contribution in [0.15, 0.2) is 41.2 Å². The number of rotatable bonds is 3. The molecule has 0 saturated carbocycles. The van der Waals surface area contributed by atoms with Gasteiger partial charge in [-0.25, -0.2) is 5.10 Å². The van der Waals surface area contributed by atoms with E-state index in [-0.39, 0.29) is 17.2 Å². The van der Waals surface area contributed by atoms with E-state index in [2.05, 4.69) is 39.4 Å². The normalized spacial score (nSPS) is 23.1. The number of amides is 1. The van der Waals surface area contributed by atoms with Gasteiger partial charge in [-0.2, -0.15) is 5.10 Å². The van der Waals surface area contributed by atoms with Gasteiger partial charge in [-0.15, -0.1) is 0 Å². The molecule has 1 fully saturated rings. The molecule has 4 rings (SSSR count). The van der Waals surface area contributed by atoms with Gasteiger partial charge in [0.25, 0.3) is 11.5 Å². The number of aromatic nitrogens is 2. The van der Waals surface area contributed by atoms with Crippen LogP contribution in [0.2, 0.25) is 0 Å². The standard InChI is InChI=1S/C21H26N4O3/c26-19-7-6-18(22-23-19)20(27)25-11-3-9-21(28,10-13-25)15-24-12-8-16-4-1-2-5-17(16)14-24/h1-2,4-7,28H,3,8-15H2,(H,23,26)/t21-/m1/s1. The van der Waals surface area contributed by atoms with Crippen LogP contribution in [0.4, 0.5) is 0 Å². The Balaban J connectivity index is 1.38. The van der Waals surface area contributed by atoms with E-state index in [9.17, 15) is 14.7 Å². The van der Waals surface area contributed by atoms with E-state index >= 15 is 0 Å². The van der Waals surface area contributed by atoms with E-state index in [0.29, 0.717) is 32.5 Å². The van der Waals surface area contributed by atoms with Gasteiger partial charge in [-0.1, -0.05) is 24.3 Å². The number of likely N-dealkylation sites (tertiary alicyclic amines) is 1. The minimum Gasteiger partial charge on any atom is -0.388 e. The molecule has 0 bridgehead atoms. The fourth-order valence-corrected chi connectivity index (χ4v) is 4.27. The van der Waals surface area contributed by atoms with Crippen molar-refractivity contribution in [2.75, 3.05) is 26.2 Å². The third-order valence-electron chi connectivity index (χ3n) is 5.83. The Labute approximate surface area is 164 Å². The summed E-state index contributed by atoms with van der Waals surface area (Å²) in [7, 11) is 0. The number of carbonyl (C=O) groups is 1. The third-order valence-corrected chi connectivity index (χ3v) is 5.83. The van der Waals surface area contributed by atoms with Crippen LogP contribution in [0, 0.1) is 0 Å². The fourth-order valence-electron chi connectivity index (χ4n) is 4.27. The second kappa shape index (κ2) is 7.85. The summed E-state index contributed by atoms with van der Waals surface area (Å²) in [6.07, 6.45) is 2.97. The summed E-state index contributed by atoms with van der Waals surface area (Å²) in [5.41, 5.74) is 1.85. The Morgan fingerprint density at radius 1 is 1.11 bits per heavy atom. The molecule has 0 radical (unpaired) electrons. The van der Waals surface area contributed by atoms with Crippen molar-refractivity contribution in [3.05, 3.63) is 63.6 Å². The SMILES string of the molecule is O=C(c1ccc(=O)[nH]n1)N1CCC[C@](O)(CN2CCc3ccccc3C2)CC1. The lowest BCUT2D eigenvalue weighted by Gasteiger charge is -2.36. The highest BCUT2D eigenvalue weighted by molar-refractivity contribution is 5.92. The number of H-pyrrole nitrogens is 1. The molecule has 1 saturated heterocycles. The van der Waals surface area contributed by atoms with E-state index in [4.69, 9.17) is 0 Å². The van der Waals surface area contributed by atoms with E-state index in [1.165, 1.54) is 23.3 Å². The number of aromatic amines is 1. The summed E-state index contributed by atoms with van der Waals surface area (Å²) >= 11 is 0. The van der Waals surface area contributed by atoms with Gasteiger partial charge in [0.1, 0.15) is 5.69 Å². The second-order valence-electron chi connectivity index (χ2n) is 7.91. The van der Waals surface area contributed by atoms with Crippen molar-refractivity contribution in [3.8, 4) is 0 Å². The summed E-state index contributed by atoms with van der Waals surface area (Å²) in [5.74, 6) is -0.201. The molecule has 0 spiro atoms. The summed E-state index contributed by atoms with van der Waals surface area (Å²) < 4.78 is 0. The molecule has 2 aromatic rings. The minimum atomic E-state index is -0.792. The van der Waals surface area contributed by atoms with E-state index in [1.54, 1.807) is 4.90 Å². The number of hydrogen-bond donors (Lipinski definition) is 2. The van der Waals surface area contributed by atoms with Crippen LogP contribution in [0.5, 0.6) is 0 Å². The van der Waals surface area contributed by atoms with Crippen molar-refractivity contribution >= 4 is 5.91 Å². The van der Waals surface area contributed by atoms with Gasteiger partial charge < -0.3 is 10.0 Å². The number of benzene rings is 1. The number of β-amino-alcohol motifs (C(OH)–C–C–N with tert-alkyl or cyclic N) is 1.